The van der Waals surface area contributed by atoms with Gasteiger partial charge in [-0.3, -0.25) is 0 Å². The Morgan fingerprint density at radius 1 is 1.50 bits per heavy atom. The predicted octanol–water partition coefficient (Wildman–Crippen LogP) is 1.04. The fraction of sp³-hybridized carbons (Fsp3) is 0.300. The fourth-order valence-electron chi connectivity index (χ4n) is 1.39. The van der Waals surface area contributed by atoms with Gasteiger partial charge < -0.3 is 14.9 Å². The molecule has 0 aliphatic carbocycles. The Kier molecular flexibility index (Phi) is 2.65. The lowest BCUT2D eigenvalue weighted by atomic mass is 10.3. The lowest BCUT2D eigenvalue weighted by Gasteiger charge is -2.00. The van der Waals surface area contributed by atoms with E-state index in [-0.39, 0.29) is 0 Å². The van der Waals surface area contributed by atoms with E-state index in [4.69, 9.17) is 0 Å². The number of hydrogen-bond donors (Lipinski definition) is 2. The van der Waals surface area contributed by atoms with Crippen molar-refractivity contribution in [2.45, 2.75) is 13.1 Å². The summed E-state index contributed by atoms with van der Waals surface area (Å²) in [5.74, 6) is 0. The maximum absolute atomic E-state index is 3.95. The van der Waals surface area contributed by atoms with E-state index in [2.05, 4.69) is 27.5 Å². The minimum atomic E-state index is 0.828. The first-order chi connectivity index (χ1) is 6.84. The summed E-state index contributed by atoms with van der Waals surface area (Å²) < 4.78 is 2.05. The van der Waals surface area contributed by atoms with Crippen LogP contribution in [-0.2, 0) is 20.1 Å². The number of hydrogen-bond acceptors (Lipinski definition) is 2. The maximum atomic E-state index is 3.95. The maximum Gasteiger partial charge on any atom is 0.0922 e. The van der Waals surface area contributed by atoms with Gasteiger partial charge in [0.2, 0.25) is 0 Å². The minimum absolute atomic E-state index is 0.828. The summed E-state index contributed by atoms with van der Waals surface area (Å²) in [6.07, 6.45) is 7.69. The highest BCUT2D eigenvalue weighted by molar-refractivity contribution is 5.09. The van der Waals surface area contributed by atoms with E-state index in [1.165, 1.54) is 5.56 Å². The van der Waals surface area contributed by atoms with Crippen LogP contribution in [0.4, 0.5) is 0 Å². The third-order valence-electron chi connectivity index (χ3n) is 2.09. The van der Waals surface area contributed by atoms with Crippen molar-refractivity contribution < 1.29 is 0 Å². The zero-order valence-corrected chi connectivity index (χ0v) is 8.20. The van der Waals surface area contributed by atoms with Crippen LogP contribution < -0.4 is 5.32 Å². The highest BCUT2D eigenvalue weighted by Crippen LogP contribution is 1.99. The highest BCUT2D eigenvalue weighted by Gasteiger charge is 1.95. The van der Waals surface area contributed by atoms with E-state index in [1.807, 2.05) is 24.0 Å². The number of rotatable bonds is 4. The second-order valence-electron chi connectivity index (χ2n) is 3.37. The van der Waals surface area contributed by atoms with Crippen molar-refractivity contribution >= 4 is 0 Å². The third-order valence-corrected chi connectivity index (χ3v) is 2.09. The largest absolute Gasteiger partial charge is 0.357 e. The smallest absolute Gasteiger partial charge is 0.0922 e. The van der Waals surface area contributed by atoms with Crippen LogP contribution in [0.5, 0.6) is 0 Å². The number of aromatic amines is 1. The normalized spacial score (nSPS) is 10.6. The summed E-state index contributed by atoms with van der Waals surface area (Å²) in [6, 6.07) is 2.11. The molecule has 0 aliphatic rings. The first-order valence-corrected chi connectivity index (χ1v) is 4.63. The molecule has 2 rings (SSSR count). The lowest BCUT2D eigenvalue weighted by molar-refractivity contribution is 0.681. The molecule has 74 valence electrons. The molecule has 0 radical (unpaired) electrons. The summed E-state index contributed by atoms with van der Waals surface area (Å²) in [7, 11) is 2.03. The molecule has 14 heavy (non-hydrogen) atoms. The zero-order chi connectivity index (χ0) is 9.80. The Bertz CT molecular complexity index is 374. The van der Waals surface area contributed by atoms with Crippen molar-refractivity contribution in [3.63, 3.8) is 0 Å². The Hall–Kier alpha value is -1.55. The Labute approximate surface area is 83.0 Å². The molecule has 4 heteroatoms. The standard InChI is InChI=1S/C10H14N4/c1-14-3-2-9(7-14)4-11-5-10-6-12-8-13-10/h2-3,6-8,11H,4-5H2,1H3,(H,12,13). The van der Waals surface area contributed by atoms with Gasteiger partial charge in [-0.05, 0) is 11.6 Å². The molecule has 0 bridgehead atoms. The quantitative estimate of drug-likeness (QED) is 0.756. The van der Waals surface area contributed by atoms with E-state index >= 15 is 0 Å². The summed E-state index contributed by atoms with van der Waals surface area (Å²) >= 11 is 0. The van der Waals surface area contributed by atoms with Gasteiger partial charge in [-0.15, -0.1) is 0 Å². The van der Waals surface area contributed by atoms with Crippen molar-refractivity contribution in [2.75, 3.05) is 0 Å². The number of nitrogens with zero attached hydrogens (tertiary/aromatic N) is 2. The van der Waals surface area contributed by atoms with Crippen LogP contribution in [0, 0.1) is 0 Å². The highest BCUT2D eigenvalue weighted by atomic mass is 14.9. The van der Waals surface area contributed by atoms with E-state index in [0.717, 1.165) is 18.8 Å². The van der Waals surface area contributed by atoms with Gasteiger partial charge in [0, 0.05) is 44.4 Å². The molecule has 0 aromatic carbocycles. The summed E-state index contributed by atoms with van der Waals surface area (Å²) in [5, 5.41) is 3.33. The first-order valence-electron chi connectivity index (χ1n) is 4.63. The molecule has 2 aromatic heterocycles. The van der Waals surface area contributed by atoms with Crippen LogP contribution >= 0.6 is 0 Å². The fourth-order valence-corrected chi connectivity index (χ4v) is 1.39. The van der Waals surface area contributed by atoms with Crippen LogP contribution in [-0.4, -0.2) is 14.5 Å². The third kappa shape index (κ3) is 2.23. The summed E-state index contributed by atoms with van der Waals surface area (Å²) in [6.45, 7) is 1.72. The van der Waals surface area contributed by atoms with Crippen LogP contribution in [0.2, 0.25) is 0 Å². The van der Waals surface area contributed by atoms with Gasteiger partial charge in [0.05, 0.1) is 6.33 Å². The second-order valence-corrected chi connectivity index (χ2v) is 3.37. The number of aryl methyl sites for hydroxylation is 1. The molecule has 2 heterocycles. The predicted molar refractivity (Wildman–Crippen MR) is 54.5 cm³/mol. The molecular weight excluding hydrogens is 176 g/mol. The van der Waals surface area contributed by atoms with Crippen molar-refractivity contribution in [3.8, 4) is 0 Å². The molecule has 0 saturated heterocycles. The van der Waals surface area contributed by atoms with Crippen molar-refractivity contribution in [1.29, 1.82) is 0 Å². The number of aromatic nitrogens is 3. The average Bonchev–Trinajstić information content (AvgIpc) is 2.77. The van der Waals surface area contributed by atoms with Crippen molar-refractivity contribution in [2.24, 2.45) is 7.05 Å². The Morgan fingerprint density at radius 3 is 3.07 bits per heavy atom. The number of H-pyrrole nitrogens is 1. The van der Waals surface area contributed by atoms with Gasteiger partial charge in [-0.2, -0.15) is 0 Å². The van der Waals surface area contributed by atoms with Crippen LogP contribution in [0.15, 0.2) is 31.0 Å². The number of nitrogens with one attached hydrogen (secondary N) is 2. The molecule has 0 atom stereocenters. The van der Waals surface area contributed by atoms with Gasteiger partial charge in [-0.25, -0.2) is 4.98 Å². The topological polar surface area (TPSA) is 45.6 Å². The lowest BCUT2D eigenvalue weighted by Crippen LogP contribution is -2.12. The van der Waals surface area contributed by atoms with Crippen LogP contribution in [0.3, 0.4) is 0 Å². The molecule has 0 aliphatic heterocycles. The second kappa shape index (κ2) is 4.11. The van der Waals surface area contributed by atoms with E-state index < -0.39 is 0 Å². The van der Waals surface area contributed by atoms with Gasteiger partial charge >= 0.3 is 0 Å². The Balaban J connectivity index is 1.78. The summed E-state index contributed by atoms with van der Waals surface area (Å²) in [5.41, 5.74) is 2.41. The molecular formula is C10H14N4. The van der Waals surface area contributed by atoms with E-state index in [0.29, 0.717) is 0 Å². The van der Waals surface area contributed by atoms with E-state index in [9.17, 15) is 0 Å². The monoisotopic (exact) mass is 190 g/mol. The van der Waals surface area contributed by atoms with Gasteiger partial charge in [0.25, 0.3) is 0 Å². The summed E-state index contributed by atoms with van der Waals surface area (Å²) in [4.78, 5) is 7.00. The van der Waals surface area contributed by atoms with Crippen LogP contribution in [0.25, 0.3) is 0 Å². The molecule has 4 nitrogen and oxygen atoms in total. The zero-order valence-electron chi connectivity index (χ0n) is 8.20. The molecule has 0 saturated carbocycles. The Morgan fingerprint density at radius 2 is 2.43 bits per heavy atom. The van der Waals surface area contributed by atoms with Crippen molar-refractivity contribution in [3.05, 3.63) is 42.2 Å². The molecule has 0 spiro atoms. The number of imidazole rings is 1. The first kappa shape index (κ1) is 9.02. The molecule has 0 amide bonds. The minimum Gasteiger partial charge on any atom is -0.357 e. The average molecular weight is 190 g/mol. The SMILES string of the molecule is Cn1ccc(CNCc2cnc[nH]2)c1. The van der Waals surface area contributed by atoms with Crippen molar-refractivity contribution in [1.82, 2.24) is 19.9 Å². The molecule has 2 N–H and O–H groups in total. The van der Waals surface area contributed by atoms with Crippen LogP contribution in [0.1, 0.15) is 11.3 Å². The van der Waals surface area contributed by atoms with Gasteiger partial charge in [-0.1, -0.05) is 0 Å². The van der Waals surface area contributed by atoms with Gasteiger partial charge in [0.15, 0.2) is 0 Å². The molecule has 2 aromatic rings. The molecule has 0 fully saturated rings. The van der Waals surface area contributed by atoms with Gasteiger partial charge in [0.1, 0.15) is 0 Å². The van der Waals surface area contributed by atoms with E-state index in [1.54, 1.807) is 6.33 Å². The molecule has 0 unspecified atom stereocenters.